The van der Waals surface area contributed by atoms with Crippen molar-refractivity contribution >= 4 is 11.6 Å². The van der Waals surface area contributed by atoms with Gasteiger partial charge in [-0.05, 0) is 61.9 Å². The molecule has 31 heavy (non-hydrogen) atoms. The Hall–Kier alpha value is -2.93. The Balaban J connectivity index is 1.33. The average molecular weight is 424 g/mol. The minimum Gasteiger partial charge on any atom is -0.490 e. The van der Waals surface area contributed by atoms with Gasteiger partial charge in [-0.2, -0.15) is 0 Å². The predicted molar refractivity (Wildman–Crippen MR) is 118 cm³/mol. The number of nitro benzene ring substituents is 1. The third-order valence-electron chi connectivity index (χ3n) is 6.90. The number of carbonyl (C=O) groups excluding carboxylic acids is 1. The molecule has 0 bridgehead atoms. The van der Waals surface area contributed by atoms with Crippen LogP contribution in [0.3, 0.4) is 0 Å². The highest BCUT2D eigenvalue weighted by atomic mass is 16.6. The molecule has 2 aliphatic rings. The van der Waals surface area contributed by atoms with Crippen molar-refractivity contribution in [2.45, 2.75) is 32.2 Å². The van der Waals surface area contributed by atoms with Gasteiger partial charge in [-0.1, -0.05) is 30.3 Å². The van der Waals surface area contributed by atoms with Gasteiger partial charge in [0.25, 0.3) is 5.91 Å². The van der Waals surface area contributed by atoms with Crippen molar-refractivity contribution in [3.05, 3.63) is 69.8 Å². The summed E-state index contributed by atoms with van der Waals surface area (Å²) in [5, 5.41) is 11.3. The predicted octanol–water partition coefficient (Wildman–Crippen LogP) is 4.12. The second-order valence-corrected chi connectivity index (χ2v) is 8.70. The largest absolute Gasteiger partial charge is 0.490 e. The molecular formula is C24H29N3O4. The highest BCUT2D eigenvalue weighted by Crippen LogP contribution is 2.42. The van der Waals surface area contributed by atoms with Gasteiger partial charge in [-0.3, -0.25) is 19.8 Å². The number of rotatable bonds is 5. The van der Waals surface area contributed by atoms with Crippen LogP contribution in [0.2, 0.25) is 0 Å². The zero-order valence-corrected chi connectivity index (χ0v) is 18.0. The molecule has 2 aromatic carbocycles. The summed E-state index contributed by atoms with van der Waals surface area (Å²) in [4.78, 5) is 28.1. The van der Waals surface area contributed by atoms with E-state index in [1.54, 1.807) is 6.07 Å². The minimum atomic E-state index is -0.510. The smallest absolute Gasteiger partial charge is 0.311 e. The molecule has 2 aliphatic heterocycles. The third kappa shape index (κ3) is 4.71. The maximum absolute atomic E-state index is 13.0. The number of likely N-dealkylation sites (tertiary alicyclic amines) is 2. The molecule has 2 heterocycles. The van der Waals surface area contributed by atoms with Crippen LogP contribution in [0.5, 0.6) is 5.75 Å². The van der Waals surface area contributed by atoms with Crippen molar-refractivity contribution in [3.63, 3.8) is 0 Å². The molecule has 1 amide bonds. The van der Waals surface area contributed by atoms with Crippen LogP contribution in [0.1, 0.15) is 41.6 Å². The Morgan fingerprint density at radius 2 is 1.68 bits per heavy atom. The number of hydrogen-bond acceptors (Lipinski definition) is 5. The highest BCUT2D eigenvalue weighted by Gasteiger charge is 2.38. The standard InChI is InChI=1S/C24H29N3O4/c1-31-22-8-7-20(17-21(22)27(29)30)23(28)26-15-11-24(12-16-26)9-13-25(14-10-24)18-19-5-3-2-4-6-19/h2-8,17H,9-16,18H2,1H3. The number of hydrogen-bond donors (Lipinski definition) is 0. The topological polar surface area (TPSA) is 75.9 Å². The Labute approximate surface area is 182 Å². The third-order valence-corrected chi connectivity index (χ3v) is 6.90. The fourth-order valence-electron chi connectivity index (χ4n) is 4.86. The number of carbonyl (C=O) groups is 1. The van der Waals surface area contributed by atoms with E-state index in [9.17, 15) is 14.9 Å². The van der Waals surface area contributed by atoms with E-state index < -0.39 is 4.92 Å². The van der Waals surface area contributed by atoms with E-state index in [2.05, 4.69) is 29.2 Å². The van der Waals surface area contributed by atoms with Gasteiger partial charge in [0.2, 0.25) is 0 Å². The minimum absolute atomic E-state index is 0.137. The molecule has 0 atom stereocenters. The van der Waals surface area contributed by atoms with E-state index in [0.717, 1.165) is 45.3 Å². The molecule has 2 aromatic rings. The Morgan fingerprint density at radius 1 is 1.03 bits per heavy atom. The summed E-state index contributed by atoms with van der Waals surface area (Å²) in [5.41, 5.74) is 1.84. The molecule has 0 radical (unpaired) electrons. The van der Waals surface area contributed by atoms with Gasteiger partial charge in [0.1, 0.15) is 0 Å². The highest BCUT2D eigenvalue weighted by molar-refractivity contribution is 5.95. The van der Waals surface area contributed by atoms with Crippen LogP contribution in [-0.4, -0.2) is 53.9 Å². The molecule has 2 fully saturated rings. The first-order chi connectivity index (χ1) is 15.0. The molecule has 4 rings (SSSR count). The van der Waals surface area contributed by atoms with Crippen molar-refractivity contribution in [1.29, 1.82) is 0 Å². The Bertz CT molecular complexity index is 929. The van der Waals surface area contributed by atoms with E-state index in [4.69, 9.17) is 4.74 Å². The second kappa shape index (κ2) is 9.06. The summed E-state index contributed by atoms with van der Waals surface area (Å²) in [7, 11) is 1.39. The number of piperidine rings is 2. The lowest BCUT2D eigenvalue weighted by molar-refractivity contribution is -0.385. The first-order valence-corrected chi connectivity index (χ1v) is 10.9. The van der Waals surface area contributed by atoms with Crippen LogP contribution in [-0.2, 0) is 6.54 Å². The summed E-state index contributed by atoms with van der Waals surface area (Å²) in [6.07, 6.45) is 4.32. The fourth-order valence-corrected chi connectivity index (χ4v) is 4.86. The number of benzene rings is 2. The molecule has 0 aromatic heterocycles. The van der Waals surface area contributed by atoms with Gasteiger partial charge in [0.15, 0.2) is 5.75 Å². The second-order valence-electron chi connectivity index (χ2n) is 8.70. The maximum Gasteiger partial charge on any atom is 0.311 e. The first-order valence-electron chi connectivity index (χ1n) is 10.9. The van der Waals surface area contributed by atoms with Crippen LogP contribution < -0.4 is 4.74 Å². The molecule has 0 saturated carbocycles. The van der Waals surface area contributed by atoms with Gasteiger partial charge in [-0.25, -0.2) is 0 Å². The number of methoxy groups -OCH3 is 1. The molecule has 2 saturated heterocycles. The van der Waals surface area contributed by atoms with Gasteiger partial charge >= 0.3 is 5.69 Å². The normalized spacial score (nSPS) is 18.7. The summed E-state index contributed by atoms with van der Waals surface area (Å²) >= 11 is 0. The lowest BCUT2D eigenvalue weighted by atomic mass is 9.71. The number of nitro groups is 1. The summed E-state index contributed by atoms with van der Waals surface area (Å²) < 4.78 is 5.04. The van der Waals surface area contributed by atoms with E-state index >= 15 is 0 Å². The van der Waals surface area contributed by atoms with Gasteiger partial charge < -0.3 is 9.64 Å². The van der Waals surface area contributed by atoms with Crippen LogP contribution >= 0.6 is 0 Å². The monoisotopic (exact) mass is 423 g/mol. The summed E-state index contributed by atoms with van der Waals surface area (Å²) in [6, 6.07) is 15.0. The molecule has 0 unspecified atom stereocenters. The average Bonchev–Trinajstić information content (AvgIpc) is 2.81. The van der Waals surface area contributed by atoms with Gasteiger partial charge in [-0.15, -0.1) is 0 Å². The molecule has 0 aliphatic carbocycles. The van der Waals surface area contributed by atoms with Crippen LogP contribution in [0.15, 0.2) is 48.5 Å². The molecule has 1 spiro atoms. The van der Waals surface area contributed by atoms with E-state index in [-0.39, 0.29) is 17.3 Å². The van der Waals surface area contributed by atoms with E-state index in [0.29, 0.717) is 24.1 Å². The van der Waals surface area contributed by atoms with Crippen LogP contribution in [0.4, 0.5) is 5.69 Å². The quantitative estimate of drug-likeness (QED) is 0.534. The zero-order chi connectivity index (χ0) is 21.8. The van der Waals surface area contributed by atoms with Crippen molar-refractivity contribution in [2.24, 2.45) is 5.41 Å². The van der Waals surface area contributed by atoms with Crippen molar-refractivity contribution in [2.75, 3.05) is 33.3 Å². The van der Waals surface area contributed by atoms with Crippen LogP contribution in [0, 0.1) is 15.5 Å². The number of ether oxygens (including phenoxy) is 1. The lowest BCUT2D eigenvalue weighted by Gasteiger charge is -2.47. The molecule has 0 N–H and O–H groups in total. The van der Waals surface area contributed by atoms with Crippen molar-refractivity contribution < 1.29 is 14.5 Å². The number of amides is 1. The van der Waals surface area contributed by atoms with Crippen LogP contribution in [0.25, 0.3) is 0 Å². The summed E-state index contributed by atoms with van der Waals surface area (Å²) in [6.45, 7) is 4.59. The van der Waals surface area contributed by atoms with Crippen molar-refractivity contribution in [1.82, 2.24) is 9.80 Å². The van der Waals surface area contributed by atoms with Crippen molar-refractivity contribution in [3.8, 4) is 5.75 Å². The molecular weight excluding hydrogens is 394 g/mol. The molecule has 7 nitrogen and oxygen atoms in total. The fraction of sp³-hybridized carbons (Fsp3) is 0.458. The molecule has 164 valence electrons. The van der Waals surface area contributed by atoms with Gasteiger partial charge in [0, 0.05) is 31.3 Å². The first kappa shape index (κ1) is 21.3. The molecule has 7 heteroatoms. The van der Waals surface area contributed by atoms with E-state index in [1.165, 1.54) is 24.8 Å². The Morgan fingerprint density at radius 3 is 2.29 bits per heavy atom. The van der Waals surface area contributed by atoms with Gasteiger partial charge in [0.05, 0.1) is 12.0 Å². The Kier molecular flexibility index (Phi) is 6.23. The zero-order valence-electron chi connectivity index (χ0n) is 18.0. The summed E-state index contributed by atoms with van der Waals surface area (Å²) in [5.74, 6) is 0.0310. The van der Waals surface area contributed by atoms with E-state index in [1.807, 2.05) is 11.0 Å². The lowest BCUT2D eigenvalue weighted by Crippen LogP contribution is -2.48. The SMILES string of the molecule is COc1ccc(C(=O)N2CCC3(CCN(Cc4ccccc4)CC3)CC2)cc1[N+](=O)[O-]. The number of nitrogens with zero attached hydrogens (tertiary/aromatic N) is 3. The maximum atomic E-state index is 13.0.